The van der Waals surface area contributed by atoms with Crippen LogP contribution in [0.1, 0.15) is 290 Å². The van der Waals surface area contributed by atoms with Crippen molar-refractivity contribution in [2.45, 2.75) is 333 Å². The molecule has 434 valence electrons. The van der Waals surface area contributed by atoms with Crippen LogP contribution in [-0.4, -0.2) is 100 Å². The molecule has 0 saturated carbocycles. The zero-order valence-corrected chi connectivity index (χ0v) is 47.8. The lowest BCUT2D eigenvalue weighted by molar-refractivity contribution is -0.302. The molecule has 7 unspecified atom stereocenters. The number of esters is 1. The second kappa shape index (κ2) is 52.9. The van der Waals surface area contributed by atoms with Gasteiger partial charge in [-0.1, -0.05) is 262 Å². The molecule has 1 fully saturated rings. The lowest BCUT2D eigenvalue weighted by Crippen LogP contribution is -2.60. The Morgan fingerprint density at radius 3 is 1.36 bits per heavy atom. The number of carbonyl (C=O) groups is 2. The minimum Gasteiger partial charge on any atom is -0.465 e. The Hall–Kier alpha value is -2.12. The summed E-state index contributed by atoms with van der Waals surface area (Å²) in [7, 11) is 0. The average molecular weight is 1050 g/mol. The van der Waals surface area contributed by atoms with Crippen LogP contribution in [0.3, 0.4) is 0 Å². The largest absolute Gasteiger partial charge is 0.465 e. The maximum Gasteiger partial charge on any atom is 0.305 e. The van der Waals surface area contributed by atoms with E-state index in [0.717, 1.165) is 70.6 Å². The van der Waals surface area contributed by atoms with Crippen LogP contribution in [-0.2, 0) is 23.8 Å². The fraction of sp³-hybridized carbons (Fsp3) is 0.873. The molecule has 74 heavy (non-hydrogen) atoms. The van der Waals surface area contributed by atoms with Crippen molar-refractivity contribution in [3.05, 3.63) is 36.5 Å². The maximum absolute atomic E-state index is 13.0. The zero-order chi connectivity index (χ0) is 53.8. The molecule has 6 N–H and O–H groups in total. The Kier molecular flexibility index (Phi) is 50.0. The van der Waals surface area contributed by atoms with E-state index in [2.05, 4.69) is 43.5 Å². The van der Waals surface area contributed by atoms with Crippen molar-refractivity contribution in [1.82, 2.24) is 5.32 Å². The van der Waals surface area contributed by atoms with Crippen molar-refractivity contribution in [1.29, 1.82) is 0 Å². The first kappa shape index (κ1) is 69.9. The molecule has 0 aromatic carbocycles. The molecule has 0 aliphatic carbocycles. The Morgan fingerprint density at radius 2 is 0.905 bits per heavy atom. The van der Waals surface area contributed by atoms with Crippen molar-refractivity contribution >= 4 is 11.9 Å². The molecule has 11 nitrogen and oxygen atoms in total. The summed E-state index contributed by atoms with van der Waals surface area (Å²) < 4.78 is 16.6. The Balaban J connectivity index is 2.01. The lowest BCUT2D eigenvalue weighted by Gasteiger charge is -2.40. The van der Waals surface area contributed by atoms with Crippen LogP contribution in [0.15, 0.2) is 36.5 Å². The van der Waals surface area contributed by atoms with E-state index in [9.17, 15) is 35.1 Å². The van der Waals surface area contributed by atoms with Crippen LogP contribution in [0.4, 0.5) is 0 Å². The topological polar surface area (TPSA) is 175 Å². The maximum atomic E-state index is 13.0. The first-order chi connectivity index (χ1) is 36.2. The fourth-order valence-electron chi connectivity index (χ4n) is 9.80. The molecule has 1 aliphatic heterocycles. The summed E-state index contributed by atoms with van der Waals surface area (Å²) in [6.07, 6.45) is 55.6. The highest BCUT2D eigenvalue weighted by Gasteiger charge is 2.44. The highest BCUT2D eigenvalue weighted by atomic mass is 16.7. The minimum absolute atomic E-state index is 0.0450. The van der Waals surface area contributed by atoms with Gasteiger partial charge in [0, 0.05) is 12.8 Å². The number of rotatable bonds is 54. The summed E-state index contributed by atoms with van der Waals surface area (Å²) in [5.74, 6) is -0.233. The molecule has 7 atom stereocenters. The summed E-state index contributed by atoms with van der Waals surface area (Å²) >= 11 is 0. The van der Waals surface area contributed by atoms with Gasteiger partial charge in [-0.25, -0.2) is 0 Å². The van der Waals surface area contributed by atoms with Crippen LogP contribution in [0.5, 0.6) is 0 Å². The third-order valence-electron chi connectivity index (χ3n) is 14.8. The number of amides is 1. The van der Waals surface area contributed by atoms with Gasteiger partial charge in [0.15, 0.2) is 6.29 Å². The van der Waals surface area contributed by atoms with E-state index in [-0.39, 0.29) is 18.5 Å². The Morgan fingerprint density at radius 1 is 0.500 bits per heavy atom. The van der Waals surface area contributed by atoms with E-state index in [1.54, 1.807) is 6.08 Å². The molecule has 1 amide bonds. The minimum atomic E-state index is -1.57. The smallest absolute Gasteiger partial charge is 0.305 e. The van der Waals surface area contributed by atoms with Crippen molar-refractivity contribution in [3.63, 3.8) is 0 Å². The van der Waals surface area contributed by atoms with Gasteiger partial charge in [0.25, 0.3) is 0 Å². The lowest BCUT2D eigenvalue weighted by atomic mass is 9.99. The van der Waals surface area contributed by atoms with Crippen LogP contribution in [0, 0.1) is 0 Å². The Labute approximate surface area is 453 Å². The van der Waals surface area contributed by atoms with Crippen LogP contribution in [0.2, 0.25) is 0 Å². The number of hydrogen-bond acceptors (Lipinski definition) is 10. The van der Waals surface area contributed by atoms with Gasteiger partial charge < -0.3 is 45.1 Å². The molecule has 1 heterocycles. The van der Waals surface area contributed by atoms with Crippen LogP contribution < -0.4 is 5.32 Å². The predicted octanol–water partition coefficient (Wildman–Crippen LogP) is 14.7. The van der Waals surface area contributed by atoms with Gasteiger partial charge in [-0.3, -0.25) is 9.59 Å². The van der Waals surface area contributed by atoms with Crippen molar-refractivity contribution in [3.8, 4) is 0 Å². The Bertz CT molecular complexity index is 1320. The van der Waals surface area contributed by atoms with Crippen LogP contribution >= 0.6 is 0 Å². The molecular formula is C63H117NO10. The van der Waals surface area contributed by atoms with Gasteiger partial charge in [0.1, 0.15) is 24.4 Å². The molecular weight excluding hydrogens is 931 g/mol. The third kappa shape index (κ3) is 42.0. The third-order valence-corrected chi connectivity index (χ3v) is 14.8. The molecule has 0 spiro atoms. The molecule has 1 rings (SSSR count). The molecule has 0 radical (unpaired) electrons. The van der Waals surface area contributed by atoms with Crippen LogP contribution in [0.25, 0.3) is 0 Å². The summed E-state index contributed by atoms with van der Waals surface area (Å²) in [6, 6.07) is -0.812. The number of hydrogen-bond donors (Lipinski definition) is 6. The van der Waals surface area contributed by atoms with Gasteiger partial charge in [-0.15, -0.1) is 0 Å². The van der Waals surface area contributed by atoms with E-state index in [4.69, 9.17) is 14.2 Å². The zero-order valence-electron chi connectivity index (χ0n) is 47.8. The normalized spacial score (nSPS) is 19.0. The summed E-state index contributed by atoms with van der Waals surface area (Å²) in [5.41, 5.74) is 0. The quantitative estimate of drug-likeness (QED) is 0.0195. The highest BCUT2D eigenvalue weighted by Crippen LogP contribution is 2.23. The van der Waals surface area contributed by atoms with E-state index in [1.807, 2.05) is 6.08 Å². The molecule has 11 heteroatoms. The molecule has 1 aliphatic rings. The van der Waals surface area contributed by atoms with Crippen molar-refractivity contribution in [2.24, 2.45) is 0 Å². The standard InChI is InChI=1S/C63H117NO10/c1-3-5-7-9-11-13-14-15-16-25-28-31-35-39-43-47-51-59(68)72-52-48-44-40-36-32-29-26-23-21-19-17-18-20-22-24-27-30-34-38-42-46-50-58(67)64-55(56(66)49-45-41-37-33-12-10-8-6-4-2)54-73-63-62(71)61(70)60(69)57(53-65)74-63/h29,32,40,44-45,49,55-57,60-63,65-66,69-71H,3-28,30-31,33-39,41-43,46-48,50-54H2,1-2H3,(H,64,67)/b32-29-,44-40-,49-45+. The van der Waals surface area contributed by atoms with E-state index in [0.29, 0.717) is 19.4 Å². The molecule has 0 aromatic heterocycles. The van der Waals surface area contributed by atoms with Gasteiger partial charge in [-0.2, -0.15) is 0 Å². The fourth-order valence-corrected chi connectivity index (χ4v) is 9.80. The van der Waals surface area contributed by atoms with Gasteiger partial charge >= 0.3 is 5.97 Å². The molecule has 0 aromatic rings. The number of ether oxygens (including phenoxy) is 3. The number of allylic oxidation sites excluding steroid dienone is 4. The predicted molar refractivity (Wildman–Crippen MR) is 306 cm³/mol. The summed E-state index contributed by atoms with van der Waals surface area (Å²) in [6.45, 7) is 4.21. The monoisotopic (exact) mass is 1050 g/mol. The van der Waals surface area contributed by atoms with Crippen molar-refractivity contribution < 1.29 is 49.3 Å². The van der Waals surface area contributed by atoms with Gasteiger partial charge in [0.05, 0.1) is 32.0 Å². The number of aliphatic hydroxyl groups is 5. The number of aliphatic hydroxyl groups excluding tert-OH is 5. The summed E-state index contributed by atoms with van der Waals surface area (Å²) in [4.78, 5) is 25.1. The SMILES string of the molecule is CCCCCCCCC/C=C/C(O)C(COC1OC(CO)C(O)C(O)C1O)NC(=O)CCCCCCCCCCCCCCCC/C=C\C/C=C\CCOC(=O)CCCCCCCCCCCCCCCCCC. The first-order valence-corrected chi connectivity index (χ1v) is 31.3. The average Bonchev–Trinajstić information content (AvgIpc) is 3.40. The second-order valence-electron chi connectivity index (χ2n) is 21.8. The molecule has 1 saturated heterocycles. The van der Waals surface area contributed by atoms with E-state index >= 15 is 0 Å². The number of unbranched alkanes of at least 4 members (excludes halogenated alkanes) is 36. The first-order valence-electron chi connectivity index (χ1n) is 31.3. The van der Waals surface area contributed by atoms with Crippen molar-refractivity contribution in [2.75, 3.05) is 19.8 Å². The molecule has 0 bridgehead atoms. The number of carbonyl (C=O) groups excluding carboxylic acids is 2. The van der Waals surface area contributed by atoms with E-state index < -0.39 is 49.5 Å². The summed E-state index contributed by atoms with van der Waals surface area (Å²) in [5, 5.41) is 54.2. The van der Waals surface area contributed by atoms with E-state index in [1.165, 1.54) is 193 Å². The highest BCUT2D eigenvalue weighted by molar-refractivity contribution is 5.76. The van der Waals surface area contributed by atoms with Gasteiger partial charge in [-0.05, 0) is 51.4 Å². The van der Waals surface area contributed by atoms with Gasteiger partial charge in [0.2, 0.25) is 5.91 Å². The number of nitrogens with one attached hydrogen (secondary N) is 1. The second-order valence-corrected chi connectivity index (χ2v) is 21.8.